The van der Waals surface area contributed by atoms with Crippen molar-refractivity contribution in [3.8, 4) is 11.3 Å². The first-order valence-corrected chi connectivity index (χ1v) is 6.35. The molecule has 0 saturated carbocycles. The van der Waals surface area contributed by atoms with Crippen LogP contribution in [0.4, 0.5) is 4.39 Å². The molecule has 0 aliphatic heterocycles. The van der Waals surface area contributed by atoms with Gasteiger partial charge < -0.3 is 4.74 Å². The highest BCUT2D eigenvalue weighted by molar-refractivity contribution is 7.09. The smallest absolute Gasteiger partial charge is 0.305 e. The number of carbonyl (C=O) groups excluding carboxylic acids is 1. The Labute approximate surface area is 108 Å². The molecule has 0 aliphatic carbocycles. The van der Waals surface area contributed by atoms with E-state index in [1.54, 1.807) is 23.6 Å². The fraction of sp³-hybridized carbons (Fsp3) is 0.231. The average molecular weight is 265 g/mol. The van der Waals surface area contributed by atoms with E-state index in [2.05, 4.69) is 9.72 Å². The number of nitrogens with zero attached hydrogens (tertiary/aromatic N) is 1. The lowest BCUT2D eigenvalue weighted by molar-refractivity contribution is -0.140. The van der Waals surface area contributed by atoms with Crippen molar-refractivity contribution in [2.75, 3.05) is 7.11 Å². The number of thiazole rings is 1. The molecule has 5 heteroatoms. The SMILES string of the molecule is COC(=O)CCc1nc(-c2ccccc2F)cs1. The Balaban J connectivity index is 2.11. The molecule has 0 atom stereocenters. The highest BCUT2D eigenvalue weighted by Gasteiger charge is 2.10. The van der Waals surface area contributed by atoms with Gasteiger partial charge in [0.15, 0.2) is 0 Å². The van der Waals surface area contributed by atoms with Crippen molar-refractivity contribution < 1.29 is 13.9 Å². The van der Waals surface area contributed by atoms with Crippen molar-refractivity contribution in [2.24, 2.45) is 0 Å². The highest BCUT2D eigenvalue weighted by atomic mass is 32.1. The van der Waals surface area contributed by atoms with Crippen LogP contribution >= 0.6 is 11.3 Å². The Morgan fingerprint density at radius 1 is 1.44 bits per heavy atom. The molecule has 0 N–H and O–H groups in total. The number of esters is 1. The van der Waals surface area contributed by atoms with Crippen LogP contribution in [0.2, 0.25) is 0 Å². The van der Waals surface area contributed by atoms with E-state index in [9.17, 15) is 9.18 Å². The van der Waals surface area contributed by atoms with E-state index < -0.39 is 0 Å². The van der Waals surface area contributed by atoms with Gasteiger partial charge in [-0.25, -0.2) is 9.37 Å². The quantitative estimate of drug-likeness (QED) is 0.798. The van der Waals surface area contributed by atoms with Gasteiger partial charge in [-0.15, -0.1) is 11.3 Å². The summed E-state index contributed by atoms with van der Waals surface area (Å²) in [6, 6.07) is 6.51. The number of hydrogen-bond acceptors (Lipinski definition) is 4. The van der Waals surface area contributed by atoms with Gasteiger partial charge in [-0.3, -0.25) is 4.79 Å². The summed E-state index contributed by atoms with van der Waals surface area (Å²) in [6.45, 7) is 0. The van der Waals surface area contributed by atoms with Crippen LogP contribution in [0.1, 0.15) is 11.4 Å². The van der Waals surface area contributed by atoms with Gasteiger partial charge in [-0.1, -0.05) is 12.1 Å². The van der Waals surface area contributed by atoms with E-state index in [4.69, 9.17) is 0 Å². The number of hydrogen-bond donors (Lipinski definition) is 0. The van der Waals surface area contributed by atoms with Crippen molar-refractivity contribution in [1.29, 1.82) is 0 Å². The number of methoxy groups -OCH3 is 1. The van der Waals surface area contributed by atoms with Crippen molar-refractivity contribution in [1.82, 2.24) is 4.98 Å². The van der Waals surface area contributed by atoms with Gasteiger partial charge in [-0.05, 0) is 12.1 Å². The summed E-state index contributed by atoms with van der Waals surface area (Å²) >= 11 is 1.42. The largest absolute Gasteiger partial charge is 0.469 e. The van der Waals surface area contributed by atoms with E-state index in [-0.39, 0.29) is 11.8 Å². The van der Waals surface area contributed by atoms with Gasteiger partial charge >= 0.3 is 5.97 Å². The van der Waals surface area contributed by atoms with Gasteiger partial charge in [-0.2, -0.15) is 0 Å². The molecule has 0 fully saturated rings. The third-order valence-corrected chi connectivity index (χ3v) is 3.38. The number of benzene rings is 1. The maximum absolute atomic E-state index is 13.5. The van der Waals surface area contributed by atoms with E-state index in [0.717, 1.165) is 5.01 Å². The molecule has 2 rings (SSSR count). The summed E-state index contributed by atoms with van der Waals surface area (Å²) in [7, 11) is 1.36. The minimum atomic E-state index is -0.290. The van der Waals surface area contributed by atoms with E-state index >= 15 is 0 Å². The maximum Gasteiger partial charge on any atom is 0.305 e. The second kappa shape index (κ2) is 5.73. The molecule has 0 amide bonds. The van der Waals surface area contributed by atoms with Gasteiger partial charge in [0.05, 0.1) is 24.2 Å². The van der Waals surface area contributed by atoms with Crippen molar-refractivity contribution in [2.45, 2.75) is 12.8 Å². The Kier molecular flexibility index (Phi) is 4.04. The third-order valence-electron chi connectivity index (χ3n) is 2.47. The van der Waals surface area contributed by atoms with Gasteiger partial charge in [0.2, 0.25) is 0 Å². The van der Waals surface area contributed by atoms with Gasteiger partial charge in [0.1, 0.15) is 5.82 Å². The minimum Gasteiger partial charge on any atom is -0.469 e. The Hall–Kier alpha value is -1.75. The molecule has 0 bridgehead atoms. The molecule has 0 saturated heterocycles. The normalized spacial score (nSPS) is 10.3. The molecule has 0 spiro atoms. The van der Waals surface area contributed by atoms with Crippen LogP contribution < -0.4 is 0 Å². The fourth-order valence-electron chi connectivity index (χ4n) is 1.53. The van der Waals surface area contributed by atoms with E-state index in [1.807, 2.05) is 0 Å². The van der Waals surface area contributed by atoms with E-state index in [1.165, 1.54) is 24.5 Å². The number of aryl methyl sites for hydroxylation is 1. The Morgan fingerprint density at radius 2 is 2.22 bits per heavy atom. The monoisotopic (exact) mass is 265 g/mol. The molecule has 94 valence electrons. The highest BCUT2D eigenvalue weighted by Crippen LogP contribution is 2.24. The minimum absolute atomic E-state index is 0.266. The molecule has 0 radical (unpaired) electrons. The molecule has 18 heavy (non-hydrogen) atoms. The first kappa shape index (κ1) is 12.7. The van der Waals surface area contributed by atoms with Gasteiger partial charge in [0, 0.05) is 17.4 Å². The van der Waals surface area contributed by atoms with Crippen LogP contribution in [0.25, 0.3) is 11.3 Å². The van der Waals surface area contributed by atoms with Crippen LogP contribution in [0.15, 0.2) is 29.6 Å². The maximum atomic E-state index is 13.5. The molecule has 1 heterocycles. The van der Waals surface area contributed by atoms with E-state index in [0.29, 0.717) is 24.1 Å². The lowest BCUT2D eigenvalue weighted by Gasteiger charge is -1.98. The van der Waals surface area contributed by atoms with Crippen LogP contribution in [0.5, 0.6) is 0 Å². The molecule has 2 aromatic rings. The van der Waals surface area contributed by atoms with Crippen molar-refractivity contribution in [3.63, 3.8) is 0 Å². The van der Waals surface area contributed by atoms with Crippen molar-refractivity contribution >= 4 is 17.3 Å². The summed E-state index contributed by atoms with van der Waals surface area (Å²) in [4.78, 5) is 15.3. The third kappa shape index (κ3) is 2.92. The van der Waals surface area contributed by atoms with Crippen LogP contribution in [0.3, 0.4) is 0 Å². The molecule has 0 unspecified atom stereocenters. The summed E-state index contributed by atoms with van der Waals surface area (Å²) in [5, 5.41) is 2.60. The number of halogens is 1. The lowest BCUT2D eigenvalue weighted by atomic mass is 10.1. The van der Waals surface area contributed by atoms with Crippen molar-refractivity contribution in [3.05, 3.63) is 40.5 Å². The van der Waals surface area contributed by atoms with Crippen LogP contribution in [0, 0.1) is 5.82 Å². The number of aromatic nitrogens is 1. The van der Waals surface area contributed by atoms with Crippen LogP contribution in [-0.2, 0) is 16.0 Å². The second-order valence-corrected chi connectivity index (χ2v) is 4.63. The zero-order valence-corrected chi connectivity index (χ0v) is 10.7. The predicted molar refractivity (Wildman–Crippen MR) is 67.8 cm³/mol. The first-order valence-electron chi connectivity index (χ1n) is 5.47. The Morgan fingerprint density at radius 3 is 2.94 bits per heavy atom. The summed E-state index contributed by atoms with van der Waals surface area (Å²) in [5.74, 6) is -0.556. The second-order valence-electron chi connectivity index (χ2n) is 3.68. The molecule has 1 aromatic carbocycles. The first-order chi connectivity index (χ1) is 8.70. The summed E-state index contributed by atoms with van der Waals surface area (Å²) < 4.78 is 18.1. The fourth-order valence-corrected chi connectivity index (χ4v) is 2.33. The molecular formula is C13H12FNO2S. The summed E-state index contributed by atoms with van der Waals surface area (Å²) in [6.07, 6.45) is 0.812. The molecular weight excluding hydrogens is 253 g/mol. The number of ether oxygens (including phenoxy) is 1. The summed E-state index contributed by atoms with van der Waals surface area (Å²) in [5.41, 5.74) is 1.09. The standard InChI is InChI=1S/C13H12FNO2S/c1-17-13(16)7-6-12-15-11(8-18-12)9-4-2-3-5-10(9)14/h2-5,8H,6-7H2,1H3. The lowest BCUT2D eigenvalue weighted by Crippen LogP contribution is -2.01. The Bertz CT molecular complexity index is 553. The van der Waals surface area contributed by atoms with Crippen LogP contribution in [-0.4, -0.2) is 18.1 Å². The topological polar surface area (TPSA) is 39.2 Å². The van der Waals surface area contributed by atoms with Gasteiger partial charge in [0.25, 0.3) is 0 Å². The predicted octanol–water partition coefficient (Wildman–Crippen LogP) is 3.05. The number of rotatable bonds is 4. The zero-order valence-electron chi connectivity index (χ0n) is 9.85. The zero-order chi connectivity index (χ0) is 13.0. The average Bonchev–Trinajstić information content (AvgIpc) is 2.85. The molecule has 3 nitrogen and oxygen atoms in total. The molecule has 1 aromatic heterocycles. The number of carbonyl (C=O) groups is 1. The molecule has 0 aliphatic rings.